The number of aryl methyl sites for hydroxylation is 1. The SMILES string of the molecule is Cn1ncc(Cl)c1C(NN)C1CCOCC1. The van der Waals surface area contributed by atoms with Gasteiger partial charge in [-0.2, -0.15) is 5.10 Å². The highest BCUT2D eigenvalue weighted by atomic mass is 35.5. The van der Waals surface area contributed by atoms with Gasteiger partial charge in [-0.25, -0.2) is 0 Å². The number of rotatable bonds is 3. The monoisotopic (exact) mass is 244 g/mol. The highest BCUT2D eigenvalue weighted by Gasteiger charge is 2.28. The maximum absolute atomic E-state index is 6.13. The third-order valence-corrected chi connectivity index (χ3v) is 3.44. The molecule has 1 aliphatic rings. The van der Waals surface area contributed by atoms with Crippen molar-refractivity contribution >= 4 is 11.6 Å². The van der Waals surface area contributed by atoms with Crippen LogP contribution in [0.15, 0.2) is 6.20 Å². The Morgan fingerprint density at radius 2 is 2.31 bits per heavy atom. The van der Waals surface area contributed by atoms with Crippen LogP contribution >= 0.6 is 11.6 Å². The molecule has 0 amide bonds. The van der Waals surface area contributed by atoms with Crippen molar-refractivity contribution in [2.75, 3.05) is 13.2 Å². The summed E-state index contributed by atoms with van der Waals surface area (Å²) in [6, 6.07) is 0.0453. The van der Waals surface area contributed by atoms with E-state index in [1.54, 1.807) is 10.9 Å². The summed E-state index contributed by atoms with van der Waals surface area (Å²) in [7, 11) is 1.88. The first kappa shape index (κ1) is 11.9. The Labute approximate surface area is 99.9 Å². The van der Waals surface area contributed by atoms with E-state index in [0.717, 1.165) is 31.7 Å². The molecule has 1 fully saturated rings. The number of nitrogens with two attached hydrogens (primary N) is 1. The van der Waals surface area contributed by atoms with Crippen LogP contribution < -0.4 is 11.3 Å². The molecule has 3 N–H and O–H groups in total. The number of halogens is 1. The number of hydrogen-bond acceptors (Lipinski definition) is 4. The number of aromatic nitrogens is 2. The predicted octanol–water partition coefficient (Wildman–Crippen LogP) is 1.00. The third kappa shape index (κ3) is 2.22. The van der Waals surface area contributed by atoms with E-state index in [-0.39, 0.29) is 6.04 Å². The van der Waals surface area contributed by atoms with Crippen LogP contribution in [0, 0.1) is 5.92 Å². The summed E-state index contributed by atoms with van der Waals surface area (Å²) in [5.74, 6) is 6.09. The first-order valence-corrected chi connectivity index (χ1v) is 5.83. The minimum atomic E-state index is 0.0453. The van der Waals surface area contributed by atoms with Gasteiger partial charge in [-0.05, 0) is 18.8 Å². The van der Waals surface area contributed by atoms with Crippen molar-refractivity contribution in [3.8, 4) is 0 Å². The highest BCUT2D eigenvalue weighted by molar-refractivity contribution is 6.31. The van der Waals surface area contributed by atoms with E-state index >= 15 is 0 Å². The van der Waals surface area contributed by atoms with E-state index in [1.165, 1.54) is 0 Å². The topological polar surface area (TPSA) is 65.1 Å². The molecule has 0 radical (unpaired) electrons. The number of ether oxygens (including phenoxy) is 1. The molecule has 1 unspecified atom stereocenters. The van der Waals surface area contributed by atoms with Gasteiger partial charge in [0.05, 0.1) is 23.0 Å². The predicted molar refractivity (Wildman–Crippen MR) is 61.8 cm³/mol. The van der Waals surface area contributed by atoms with Crippen LogP contribution in [0.25, 0.3) is 0 Å². The second kappa shape index (κ2) is 5.14. The molecule has 6 heteroatoms. The molecule has 2 rings (SSSR count). The summed E-state index contributed by atoms with van der Waals surface area (Å²) in [6.07, 6.45) is 3.65. The maximum atomic E-state index is 6.13. The number of nitrogens with zero attached hydrogens (tertiary/aromatic N) is 2. The average molecular weight is 245 g/mol. The van der Waals surface area contributed by atoms with Gasteiger partial charge in [0, 0.05) is 20.3 Å². The van der Waals surface area contributed by atoms with Crippen LogP contribution in [0.2, 0.25) is 5.02 Å². The normalized spacial score (nSPS) is 19.9. The minimum Gasteiger partial charge on any atom is -0.381 e. The summed E-state index contributed by atoms with van der Waals surface area (Å²) in [6.45, 7) is 1.58. The minimum absolute atomic E-state index is 0.0453. The maximum Gasteiger partial charge on any atom is 0.0834 e. The van der Waals surface area contributed by atoms with Crippen molar-refractivity contribution in [3.63, 3.8) is 0 Å². The smallest absolute Gasteiger partial charge is 0.0834 e. The van der Waals surface area contributed by atoms with E-state index < -0.39 is 0 Å². The van der Waals surface area contributed by atoms with E-state index in [2.05, 4.69) is 10.5 Å². The Morgan fingerprint density at radius 1 is 1.62 bits per heavy atom. The van der Waals surface area contributed by atoms with Gasteiger partial charge in [0.15, 0.2) is 0 Å². The molecule has 0 aromatic carbocycles. The molecule has 0 saturated carbocycles. The Morgan fingerprint density at radius 3 is 2.81 bits per heavy atom. The standard InChI is InChI=1S/C10H17ClN4O/c1-15-10(8(11)6-13-15)9(14-12)7-2-4-16-5-3-7/h6-7,9,14H,2-5,12H2,1H3. The molecular weight excluding hydrogens is 228 g/mol. The van der Waals surface area contributed by atoms with Gasteiger partial charge in [0.2, 0.25) is 0 Å². The fourth-order valence-electron chi connectivity index (χ4n) is 2.26. The second-order valence-corrected chi connectivity index (χ2v) is 4.50. The molecule has 0 bridgehead atoms. The van der Waals surface area contributed by atoms with Crippen molar-refractivity contribution in [1.29, 1.82) is 0 Å². The lowest BCUT2D eigenvalue weighted by Crippen LogP contribution is -2.37. The van der Waals surface area contributed by atoms with Crippen molar-refractivity contribution in [2.24, 2.45) is 18.8 Å². The molecule has 16 heavy (non-hydrogen) atoms. The molecule has 1 saturated heterocycles. The van der Waals surface area contributed by atoms with Gasteiger partial charge < -0.3 is 4.74 Å². The van der Waals surface area contributed by atoms with Crippen LogP contribution in [0.3, 0.4) is 0 Å². The van der Waals surface area contributed by atoms with Crippen molar-refractivity contribution in [3.05, 3.63) is 16.9 Å². The zero-order valence-electron chi connectivity index (χ0n) is 9.32. The van der Waals surface area contributed by atoms with Crippen LogP contribution in [-0.4, -0.2) is 23.0 Å². The largest absolute Gasteiger partial charge is 0.381 e. The second-order valence-electron chi connectivity index (χ2n) is 4.10. The molecule has 1 aliphatic heterocycles. The van der Waals surface area contributed by atoms with Crippen molar-refractivity contribution in [1.82, 2.24) is 15.2 Å². The molecule has 1 aromatic heterocycles. The van der Waals surface area contributed by atoms with Crippen LogP contribution in [0.5, 0.6) is 0 Å². The first-order chi connectivity index (χ1) is 7.74. The zero-order valence-corrected chi connectivity index (χ0v) is 10.1. The molecule has 5 nitrogen and oxygen atoms in total. The van der Waals surface area contributed by atoms with E-state index in [4.69, 9.17) is 22.2 Å². The lowest BCUT2D eigenvalue weighted by molar-refractivity contribution is 0.0526. The van der Waals surface area contributed by atoms with E-state index in [1.807, 2.05) is 7.05 Å². The number of nitrogens with one attached hydrogen (secondary N) is 1. The zero-order chi connectivity index (χ0) is 11.5. The molecule has 1 aromatic rings. The van der Waals surface area contributed by atoms with Gasteiger partial charge >= 0.3 is 0 Å². The van der Waals surface area contributed by atoms with Gasteiger partial charge in [0.25, 0.3) is 0 Å². The summed E-state index contributed by atoms with van der Waals surface area (Å²) in [4.78, 5) is 0. The lowest BCUT2D eigenvalue weighted by Gasteiger charge is -2.30. The Bertz CT molecular complexity index is 329. The Kier molecular flexibility index (Phi) is 3.81. The summed E-state index contributed by atoms with van der Waals surface area (Å²) in [5, 5.41) is 4.80. The molecule has 90 valence electrons. The Balaban J connectivity index is 2.21. The highest BCUT2D eigenvalue weighted by Crippen LogP contribution is 2.32. The molecular formula is C10H17ClN4O. The van der Waals surface area contributed by atoms with Crippen LogP contribution in [-0.2, 0) is 11.8 Å². The molecule has 0 spiro atoms. The van der Waals surface area contributed by atoms with E-state index in [0.29, 0.717) is 10.9 Å². The molecule has 1 atom stereocenters. The van der Waals surface area contributed by atoms with Crippen molar-refractivity contribution < 1.29 is 4.74 Å². The van der Waals surface area contributed by atoms with Gasteiger partial charge in [-0.15, -0.1) is 0 Å². The molecule has 0 aliphatic carbocycles. The quantitative estimate of drug-likeness (QED) is 0.615. The summed E-state index contributed by atoms with van der Waals surface area (Å²) in [5.41, 5.74) is 3.81. The lowest BCUT2D eigenvalue weighted by atomic mass is 9.90. The van der Waals surface area contributed by atoms with Crippen LogP contribution in [0.4, 0.5) is 0 Å². The fraction of sp³-hybridized carbons (Fsp3) is 0.700. The number of hydrazine groups is 1. The first-order valence-electron chi connectivity index (χ1n) is 5.45. The van der Waals surface area contributed by atoms with Gasteiger partial charge in [0.1, 0.15) is 0 Å². The van der Waals surface area contributed by atoms with Crippen LogP contribution in [0.1, 0.15) is 24.6 Å². The van der Waals surface area contributed by atoms with Gasteiger partial charge in [-0.3, -0.25) is 16.0 Å². The fourth-order valence-corrected chi connectivity index (χ4v) is 2.54. The molecule has 2 heterocycles. The van der Waals surface area contributed by atoms with Gasteiger partial charge in [-0.1, -0.05) is 11.6 Å². The number of hydrogen-bond donors (Lipinski definition) is 2. The Hall–Kier alpha value is -0.620. The summed E-state index contributed by atoms with van der Waals surface area (Å²) < 4.78 is 7.13. The van der Waals surface area contributed by atoms with E-state index in [9.17, 15) is 0 Å². The third-order valence-electron chi connectivity index (χ3n) is 3.15. The average Bonchev–Trinajstić information content (AvgIpc) is 2.63. The summed E-state index contributed by atoms with van der Waals surface area (Å²) >= 11 is 6.13. The van der Waals surface area contributed by atoms with Crippen molar-refractivity contribution in [2.45, 2.75) is 18.9 Å².